The highest BCUT2D eigenvalue weighted by Crippen LogP contribution is 2.33. The minimum Gasteiger partial charge on any atom is -0.493 e. The van der Waals surface area contributed by atoms with Crippen molar-refractivity contribution >= 4 is 5.91 Å². The first-order chi connectivity index (χ1) is 13.5. The van der Waals surface area contributed by atoms with Gasteiger partial charge in [-0.1, -0.05) is 30.3 Å². The van der Waals surface area contributed by atoms with Gasteiger partial charge in [0.2, 0.25) is 0 Å². The molecule has 5 nitrogen and oxygen atoms in total. The van der Waals surface area contributed by atoms with E-state index in [0.717, 1.165) is 18.4 Å². The highest BCUT2D eigenvalue weighted by Gasteiger charge is 2.29. The second-order valence-corrected chi connectivity index (χ2v) is 7.52. The zero-order valence-corrected chi connectivity index (χ0v) is 16.8. The molecule has 1 N–H and O–H groups in total. The topological polar surface area (TPSA) is 59.0 Å². The van der Waals surface area contributed by atoms with Crippen LogP contribution in [0.2, 0.25) is 0 Å². The van der Waals surface area contributed by atoms with E-state index in [2.05, 4.69) is 0 Å². The first-order valence-electron chi connectivity index (χ1n) is 9.86. The van der Waals surface area contributed by atoms with Crippen molar-refractivity contribution in [3.05, 3.63) is 59.7 Å². The van der Waals surface area contributed by atoms with Gasteiger partial charge >= 0.3 is 0 Å². The lowest BCUT2D eigenvalue weighted by atomic mass is 9.87. The number of ether oxygens (including phenoxy) is 2. The molecule has 1 heterocycles. The Bertz CT molecular complexity index is 782. The maximum absolute atomic E-state index is 12.9. The van der Waals surface area contributed by atoms with Crippen molar-refractivity contribution in [1.29, 1.82) is 0 Å². The number of methoxy groups -OCH3 is 1. The lowest BCUT2D eigenvalue weighted by molar-refractivity contribution is 0.0462. The van der Waals surface area contributed by atoms with E-state index in [1.165, 1.54) is 0 Å². The van der Waals surface area contributed by atoms with Crippen molar-refractivity contribution in [2.45, 2.75) is 38.9 Å². The van der Waals surface area contributed by atoms with E-state index in [-0.39, 0.29) is 17.9 Å². The van der Waals surface area contributed by atoms with Gasteiger partial charge in [0.05, 0.1) is 19.3 Å². The average molecular weight is 383 g/mol. The third-order valence-corrected chi connectivity index (χ3v) is 5.19. The van der Waals surface area contributed by atoms with Crippen LogP contribution >= 0.6 is 0 Å². The van der Waals surface area contributed by atoms with E-state index in [1.54, 1.807) is 25.3 Å². The molecule has 1 saturated heterocycles. The van der Waals surface area contributed by atoms with Crippen LogP contribution in [0.15, 0.2) is 48.5 Å². The van der Waals surface area contributed by atoms with Gasteiger partial charge in [-0.15, -0.1) is 0 Å². The Morgan fingerprint density at radius 2 is 1.75 bits per heavy atom. The molecule has 1 amide bonds. The van der Waals surface area contributed by atoms with Gasteiger partial charge in [0.15, 0.2) is 11.5 Å². The number of rotatable bonds is 6. The first-order valence-corrected chi connectivity index (χ1v) is 9.86. The number of amides is 1. The van der Waals surface area contributed by atoms with Crippen molar-refractivity contribution in [3.8, 4) is 11.5 Å². The zero-order chi connectivity index (χ0) is 20.1. The Hall–Kier alpha value is -2.53. The van der Waals surface area contributed by atoms with Crippen LogP contribution in [0.25, 0.3) is 0 Å². The van der Waals surface area contributed by atoms with Crippen LogP contribution in [0.1, 0.15) is 48.7 Å². The number of hydrogen-bond donors (Lipinski definition) is 1. The summed E-state index contributed by atoms with van der Waals surface area (Å²) < 4.78 is 11.1. The Morgan fingerprint density at radius 3 is 2.36 bits per heavy atom. The molecular weight excluding hydrogens is 354 g/mol. The lowest BCUT2D eigenvalue weighted by Crippen LogP contribution is -2.39. The number of hydrogen-bond acceptors (Lipinski definition) is 4. The molecular formula is C23H29NO4. The molecule has 0 bridgehead atoms. The summed E-state index contributed by atoms with van der Waals surface area (Å²) in [6, 6.07) is 15.1. The van der Waals surface area contributed by atoms with Crippen LogP contribution in [-0.2, 0) is 0 Å². The molecule has 5 heteroatoms. The minimum absolute atomic E-state index is 0.0120. The molecule has 1 fully saturated rings. The van der Waals surface area contributed by atoms with E-state index >= 15 is 0 Å². The molecule has 1 unspecified atom stereocenters. The van der Waals surface area contributed by atoms with Crippen molar-refractivity contribution in [2.24, 2.45) is 5.92 Å². The smallest absolute Gasteiger partial charge is 0.253 e. The SMILES string of the molecule is COc1cc(C(=O)N2CCC(C(O)c3ccccc3)CC2)ccc1OC(C)C. The second kappa shape index (κ2) is 9.11. The van der Waals surface area contributed by atoms with Gasteiger partial charge in [0, 0.05) is 18.7 Å². The largest absolute Gasteiger partial charge is 0.493 e. The standard InChI is InChI=1S/C23H29NO4/c1-16(2)28-20-10-9-19(15-21(20)27-3)23(26)24-13-11-18(12-14-24)22(25)17-7-5-4-6-8-17/h4-10,15-16,18,22,25H,11-14H2,1-3H3. The van der Waals surface area contributed by atoms with Gasteiger partial charge in [-0.3, -0.25) is 4.79 Å². The molecule has 0 radical (unpaired) electrons. The van der Waals surface area contributed by atoms with Gasteiger partial charge in [-0.2, -0.15) is 0 Å². The van der Waals surface area contributed by atoms with E-state index in [9.17, 15) is 9.90 Å². The average Bonchev–Trinajstić information content (AvgIpc) is 2.73. The monoisotopic (exact) mass is 383 g/mol. The van der Waals surface area contributed by atoms with Crippen LogP contribution in [0.4, 0.5) is 0 Å². The van der Waals surface area contributed by atoms with Gasteiger partial charge < -0.3 is 19.5 Å². The molecule has 2 aromatic carbocycles. The first kappa shape index (κ1) is 20.2. The van der Waals surface area contributed by atoms with Gasteiger partial charge in [-0.25, -0.2) is 0 Å². The van der Waals surface area contributed by atoms with Crippen LogP contribution < -0.4 is 9.47 Å². The number of piperidine rings is 1. The van der Waals surface area contributed by atoms with Crippen molar-refractivity contribution in [2.75, 3.05) is 20.2 Å². The van der Waals surface area contributed by atoms with Crippen molar-refractivity contribution in [1.82, 2.24) is 4.90 Å². The summed E-state index contributed by atoms with van der Waals surface area (Å²) >= 11 is 0. The summed E-state index contributed by atoms with van der Waals surface area (Å²) in [4.78, 5) is 14.8. The van der Waals surface area contributed by atoms with Gasteiger partial charge in [0.25, 0.3) is 5.91 Å². The van der Waals surface area contributed by atoms with Gasteiger partial charge in [0.1, 0.15) is 0 Å². The van der Waals surface area contributed by atoms with Crippen LogP contribution in [0.5, 0.6) is 11.5 Å². The molecule has 2 aromatic rings. The third kappa shape index (κ3) is 4.65. The maximum Gasteiger partial charge on any atom is 0.253 e. The number of nitrogens with zero attached hydrogens (tertiary/aromatic N) is 1. The summed E-state index contributed by atoms with van der Waals surface area (Å²) in [5, 5.41) is 10.6. The molecule has 0 spiro atoms. The highest BCUT2D eigenvalue weighted by molar-refractivity contribution is 5.95. The summed E-state index contributed by atoms with van der Waals surface area (Å²) in [7, 11) is 1.58. The maximum atomic E-state index is 12.9. The van der Waals surface area contributed by atoms with Crippen LogP contribution in [0.3, 0.4) is 0 Å². The number of carbonyl (C=O) groups excluding carboxylic acids is 1. The number of likely N-dealkylation sites (tertiary alicyclic amines) is 1. The van der Waals surface area contributed by atoms with E-state index in [1.807, 2.05) is 49.1 Å². The van der Waals surface area contributed by atoms with Crippen LogP contribution in [0, 0.1) is 5.92 Å². The molecule has 28 heavy (non-hydrogen) atoms. The fraction of sp³-hybridized carbons (Fsp3) is 0.435. The summed E-state index contributed by atoms with van der Waals surface area (Å²) in [5.41, 5.74) is 1.53. The summed E-state index contributed by atoms with van der Waals surface area (Å²) in [6.45, 7) is 5.18. The predicted octanol–water partition coefficient (Wildman–Crippen LogP) is 4.07. The molecule has 1 atom stereocenters. The van der Waals surface area contributed by atoms with E-state index < -0.39 is 6.10 Å². The number of aliphatic hydroxyl groups is 1. The predicted molar refractivity (Wildman–Crippen MR) is 109 cm³/mol. The Labute approximate surface area is 166 Å². The summed E-state index contributed by atoms with van der Waals surface area (Å²) in [6.07, 6.45) is 1.12. The number of benzene rings is 2. The molecule has 1 aliphatic heterocycles. The van der Waals surface area contributed by atoms with E-state index in [4.69, 9.17) is 9.47 Å². The van der Waals surface area contributed by atoms with Crippen molar-refractivity contribution in [3.63, 3.8) is 0 Å². The molecule has 0 saturated carbocycles. The third-order valence-electron chi connectivity index (χ3n) is 5.19. The van der Waals surface area contributed by atoms with Crippen LogP contribution in [-0.4, -0.2) is 42.2 Å². The molecule has 0 aromatic heterocycles. The van der Waals surface area contributed by atoms with Gasteiger partial charge in [-0.05, 0) is 56.4 Å². The minimum atomic E-state index is -0.481. The molecule has 150 valence electrons. The lowest BCUT2D eigenvalue weighted by Gasteiger charge is -2.34. The Morgan fingerprint density at radius 1 is 1.07 bits per heavy atom. The molecule has 0 aliphatic carbocycles. The molecule has 3 rings (SSSR count). The second-order valence-electron chi connectivity index (χ2n) is 7.52. The quantitative estimate of drug-likeness (QED) is 0.817. The number of aliphatic hydroxyl groups excluding tert-OH is 1. The normalized spacial score (nSPS) is 16.1. The van der Waals surface area contributed by atoms with E-state index in [0.29, 0.717) is 30.2 Å². The summed E-state index contributed by atoms with van der Waals surface area (Å²) in [5.74, 6) is 1.36. The number of carbonyl (C=O) groups is 1. The fourth-order valence-electron chi connectivity index (χ4n) is 3.68. The molecule has 1 aliphatic rings. The highest BCUT2D eigenvalue weighted by atomic mass is 16.5. The fourth-order valence-corrected chi connectivity index (χ4v) is 3.68. The Balaban J connectivity index is 1.63. The Kier molecular flexibility index (Phi) is 6.57. The van der Waals surface area contributed by atoms with Crippen molar-refractivity contribution < 1.29 is 19.4 Å². The zero-order valence-electron chi connectivity index (χ0n) is 16.8.